The van der Waals surface area contributed by atoms with Gasteiger partial charge in [-0.2, -0.15) is 13.2 Å². The van der Waals surface area contributed by atoms with Gasteiger partial charge in [-0.3, -0.25) is 4.90 Å². The molecular formula is C19H12ClF3N4O3. The molecule has 30 heavy (non-hydrogen) atoms. The SMILES string of the molecule is O=C(Nc1cccc(C(F)(F)F)c1)N1COc2cc(Oc3cc(Cl)ncn3)ccc21. The minimum Gasteiger partial charge on any atom is -0.470 e. The van der Waals surface area contributed by atoms with Crippen molar-refractivity contribution >= 4 is 29.0 Å². The van der Waals surface area contributed by atoms with Gasteiger partial charge in [0.25, 0.3) is 0 Å². The lowest BCUT2D eigenvalue weighted by Crippen LogP contribution is -2.34. The fourth-order valence-electron chi connectivity index (χ4n) is 2.73. The van der Waals surface area contributed by atoms with E-state index in [1.807, 2.05) is 0 Å². The van der Waals surface area contributed by atoms with Crippen molar-refractivity contribution in [1.82, 2.24) is 9.97 Å². The lowest BCUT2D eigenvalue weighted by atomic mass is 10.2. The number of halogens is 4. The van der Waals surface area contributed by atoms with Crippen LogP contribution in [-0.4, -0.2) is 22.7 Å². The maximum absolute atomic E-state index is 12.8. The first kappa shape index (κ1) is 19.8. The third-order valence-corrected chi connectivity index (χ3v) is 4.30. The van der Waals surface area contributed by atoms with Crippen LogP contribution in [0, 0.1) is 0 Å². The summed E-state index contributed by atoms with van der Waals surface area (Å²) in [5.41, 5.74) is -0.401. The largest absolute Gasteiger partial charge is 0.470 e. The van der Waals surface area contributed by atoms with Crippen molar-refractivity contribution in [3.8, 4) is 17.4 Å². The number of nitrogens with zero attached hydrogens (tertiary/aromatic N) is 3. The summed E-state index contributed by atoms with van der Waals surface area (Å²) < 4.78 is 49.6. The monoisotopic (exact) mass is 436 g/mol. The fourth-order valence-corrected chi connectivity index (χ4v) is 2.86. The van der Waals surface area contributed by atoms with Crippen LogP contribution in [0.4, 0.5) is 29.3 Å². The zero-order valence-electron chi connectivity index (χ0n) is 15.0. The third kappa shape index (κ3) is 4.23. The smallest absolute Gasteiger partial charge is 0.416 e. The Morgan fingerprint density at radius 3 is 2.77 bits per heavy atom. The summed E-state index contributed by atoms with van der Waals surface area (Å²) in [4.78, 5) is 21.5. The van der Waals surface area contributed by atoms with Crippen LogP contribution in [0.3, 0.4) is 0 Å². The van der Waals surface area contributed by atoms with Crippen molar-refractivity contribution in [1.29, 1.82) is 0 Å². The van der Waals surface area contributed by atoms with Gasteiger partial charge >= 0.3 is 12.2 Å². The summed E-state index contributed by atoms with van der Waals surface area (Å²) in [6, 6.07) is 9.91. The molecular weight excluding hydrogens is 425 g/mol. The summed E-state index contributed by atoms with van der Waals surface area (Å²) in [5.74, 6) is 0.989. The molecule has 154 valence electrons. The fraction of sp³-hybridized carbons (Fsp3) is 0.105. The number of anilines is 2. The van der Waals surface area contributed by atoms with E-state index in [1.165, 1.54) is 29.4 Å². The molecule has 1 aliphatic rings. The standard InChI is InChI=1S/C19H12ClF3N4O3/c20-16-8-17(25-9-24-16)30-13-4-5-14-15(7-13)29-10-27(14)18(28)26-12-3-1-2-11(6-12)19(21,22)23/h1-9H,10H2,(H,26,28). The van der Waals surface area contributed by atoms with Crippen LogP contribution in [0.15, 0.2) is 54.9 Å². The van der Waals surface area contributed by atoms with Crippen molar-refractivity contribution in [2.75, 3.05) is 16.9 Å². The molecule has 4 rings (SSSR count). The topological polar surface area (TPSA) is 76.6 Å². The molecule has 0 atom stereocenters. The number of alkyl halides is 3. The van der Waals surface area contributed by atoms with Crippen LogP contribution in [0.1, 0.15) is 5.56 Å². The Balaban J connectivity index is 1.49. The molecule has 0 aliphatic carbocycles. The van der Waals surface area contributed by atoms with Gasteiger partial charge < -0.3 is 14.8 Å². The molecule has 0 bridgehead atoms. The number of carbonyl (C=O) groups excluding carboxylic acids is 1. The predicted octanol–water partition coefficient (Wildman–Crippen LogP) is 5.33. The zero-order chi connectivity index (χ0) is 21.3. The van der Waals surface area contributed by atoms with E-state index in [0.717, 1.165) is 12.1 Å². The highest BCUT2D eigenvalue weighted by atomic mass is 35.5. The van der Waals surface area contributed by atoms with E-state index < -0.39 is 17.8 Å². The Bertz CT molecular complexity index is 1110. The number of ether oxygens (including phenoxy) is 2. The van der Waals surface area contributed by atoms with Gasteiger partial charge in [0.2, 0.25) is 5.88 Å². The van der Waals surface area contributed by atoms with Gasteiger partial charge in [-0.1, -0.05) is 17.7 Å². The van der Waals surface area contributed by atoms with Crippen molar-refractivity contribution in [2.24, 2.45) is 0 Å². The van der Waals surface area contributed by atoms with Gasteiger partial charge in [-0.15, -0.1) is 0 Å². The van der Waals surface area contributed by atoms with Gasteiger partial charge in [0.05, 0.1) is 11.3 Å². The normalized spacial score (nSPS) is 12.9. The first-order valence-corrected chi connectivity index (χ1v) is 8.85. The summed E-state index contributed by atoms with van der Waals surface area (Å²) >= 11 is 5.79. The number of aromatic nitrogens is 2. The van der Waals surface area contributed by atoms with Gasteiger partial charge in [0.1, 0.15) is 23.0 Å². The second-order valence-corrected chi connectivity index (χ2v) is 6.51. The molecule has 1 aromatic heterocycles. The highest BCUT2D eigenvalue weighted by molar-refractivity contribution is 6.29. The molecule has 0 unspecified atom stereocenters. The Morgan fingerprint density at radius 1 is 1.17 bits per heavy atom. The molecule has 3 aromatic rings. The van der Waals surface area contributed by atoms with E-state index in [9.17, 15) is 18.0 Å². The summed E-state index contributed by atoms with van der Waals surface area (Å²) in [7, 11) is 0. The van der Waals surface area contributed by atoms with Crippen LogP contribution in [-0.2, 0) is 6.18 Å². The van der Waals surface area contributed by atoms with Gasteiger partial charge in [-0.25, -0.2) is 14.8 Å². The molecule has 0 saturated carbocycles. The minimum absolute atomic E-state index is 0.0175. The molecule has 1 aliphatic heterocycles. The number of carbonyl (C=O) groups is 1. The number of rotatable bonds is 3. The van der Waals surface area contributed by atoms with Crippen molar-refractivity contribution in [3.05, 3.63) is 65.6 Å². The van der Waals surface area contributed by atoms with E-state index in [-0.39, 0.29) is 23.5 Å². The average Bonchev–Trinajstić information content (AvgIpc) is 3.11. The summed E-state index contributed by atoms with van der Waals surface area (Å²) in [6.07, 6.45) is -3.25. The van der Waals surface area contributed by atoms with E-state index >= 15 is 0 Å². The van der Waals surface area contributed by atoms with E-state index in [2.05, 4.69) is 15.3 Å². The molecule has 0 saturated heterocycles. The first-order valence-electron chi connectivity index (χ1n) is 8.47. The molecule has 7 nitrogen and oxygen atoms in total. The highest BCUT2D eigenvalue weighted by Crippen LogP contribution is 2.38. The number of amides is 2. The molecule has 1 N–H and O–H groups in total. The lowest BCUT2D eigenvalue weighted by molar-refractivity contribution is -0.137. The Labute approximate surface area is 173 Å². The highest BCUT2D eigenvalue weighted by Gasteiger charge is 2.31. The molecule has 2 heterocycles. The van der Waals surface area contributed by atoms with Crippen LogP contribution >= 0.6 is 11.6 Å². The minimum atomic E-state index is -4.51. The Kier molecular flexibility index (Phi) is 5.08. The number of urea groups is 1. The van der Waals surface area contributed by atoms with E-state index in [1.54, 1.807) is 18.2 Å². The van der Waals surface area contributed by atoms with E-state index in [4.69, 9.17) is 21.1 Å². The lowest BCUT2D eigenvalue weighted by Gasteiger charge is -2.16. The van der Waals surface area contributed by atoms with Crippen LogP contribution in [0.25, 0.3) is 0 Å². The van der Waals surface area contributed by atoms with Crippen LogP contribution < -0.4 is 19.7 Å². The first-order chi connectivity index (χ1) is 14.3. The number of nitrogens with one attached hydrogen (secondary N) is 1. The van der Waals surface area contributed by atoms with E-state index in [0.29, 0.717) is 17.2 Å². The Hall–Kier alpha value is -3.53. The molecule has 11 heteroatoms. The average molecular weight is 437 g/mol. The third-order valence-electron chi connectivity index (χ3n) is 4.09. The zero-order valence-corrected chi connectivity index (χ0v) is 15.7. The molecule has 2 aromatic carbocycles. The van der Waals surface area contributed by atoms with Gasteiger partial charge in [0.15, 0.2) is 6.73 Å². The number of benzene rings is 2. The van der Waals surface area contributed by atoms with Crippen molar-refractivity contribution < 1.29 is 27.4 Å². The summed E-state index contributed by atoms with van der Waals surface area (Å²) in [6.45, 7) is -0.108. The second-order valence-electron chi connectivity index (χ2n) is 6.12. The predicted molar refractivity (Wildman–Crippen MR) is 102 cm³/mol. The van der Waals surface area contributed by atoms with Crippen LogP contribution in [0.2, 0.25) is 5.15 Å². The quantitative estimate of drug-likeness (QED) is 0.562. The molecule has 0 fully saturated rings. The molecule has 2 amide bonds. The van der Waals surface area contributed by atoms with Crippen molar-refractivity contribution in [2.45, 2.75) is 6.18 Å². The van der Waals surface area contributed by atoms with Crippen molar-refractivity contribution in [3.63, 3.8) is 0 Å². The van der Waals surface area contributed by atoms with Crippen LogP contribution in [0.5, 0.6) is 17.4 Å². The second kappa shape index (κ2) is 7.71. The number of fused-ring (bicyclic) bond motifs is 1. The Morgan fingerprint density at radius 2 is 2.00 bits per heavy atom. The number of hydrogen-bond acceptors (Lipinski definition) is 5. The maximum atomic E-state index is 12.8. The maximum Gasteiger partial charge on any atom is 0.416 e. The molecule has 0 spiro atoms. The molecule has 0 radical (unpaired) electrons. The van der Waals surface area contributed by atoms with Gasteiger partial charge in [-0.05, 0) is 30.3 Å². The summed E-state index contributed by atoms with van der Waals surface area (Å²) in [5, 5.41) is 2.66. The van der Waals surface area contributed by atoms with Gasteiger partial charge in [0, 0.05) is 17.8 Å². The number of hydrogen-bond donors (Lipinski definition) is 1.